The van der Waals surface area contributed by atoms with E-state index in [1.807, 2.05) is 0 Å². The Hall–Kier alpha value is -2.94. The zero-order valence-corrected chi connectivity index (χ0v) is 13.0. The van der Waals surface area contributed by atoms with Crippen LogP contribution in [0.1, 0.15) is 5.56 Å². The standard InChI is InChI=1S/C15H11NO7S/c17-15-16-7-9-6-10(4-5-11(9)22-15)24(18,19)23-13-3-1-2-12-14(13)21-8-20-12/h1-6H,7-8H2,(H,16,17). The normalized spacial score (nSPS) is 15.2. The Morgan fingerprint density at radius 3 is 2.83 bits per heavy atom. The lowest BCUT2D eigenvalue weighted by Crippen LogP contribution is -2.31. The average molecular weight is 349 g/mol. The van der Waals surface area contributed by atoms with Gasteiger partial charge in [0, 0.05) is 12.1 Å². The molecule has 2 aliphatic heterocycles. The van der Waals surface area contributed by atoms with E-state index < -0.39 is 16.2 Å². The van der Waals surface area contributed by atoms with Crippen molar-refractivity contribution >= 4 is 16.2 Å². The number of nitrogens with one attached hydrogen (secondary N) is 1. The number of carbonyl (C=O) groups excluding carboxylic acids is 1. The highest BCUT2D eigenvalue weighted by Crippen LogP contribution is 2.41. The number of hydrogen-bond acceptors (Lipinski definition) is 7. The quantitative estimate of drug-likeness (QED) is 0.843. The van der Waals surface area contributed by atoms with Gasteiger partial charge in [0.25, 0.3) is 0 Å². The summed E-state index contributed by atoms with van der Waals surface area (Å²) in [6, 6.07) is 8.86. The van der Waals surface area contributed by atoms with Gasteiger partial charge in [-0.25, -0.2) is 4.79 Å². The monoisotopic (exact) mass is 349 g/mol. The van der Waals surface area contributed by atoms with Crippen LogP contribution >= 0.6 is 0 Å². The van der Waals surface area contributed by atoms with Crippen molar-refractivity contribution in [3.8, 4) is 23.0 Å². The molecular weight excluding hydrogens is 338 g/mol. The molecule has 2 aromatic carbocycles. The molecule has 0 radical (unpaired) electrons. The minimum Gasteiger partial charge on any atom is -0.453 e. The first-order valence-corrected chi connectivity index (χ1v) is 8.35. The van der Waals surface area contributed by atoms with Gasteiger partial charge in [-0.15, -0.1) is 0 Å². The predicted octanol–water partition coefficient (Wildman–Crippen LogP) is 1.78. The number of amides is 1. The van der Waals surface area contributed by atoms with Crippen LogP contribution in [0.3, 0.4) is 0 Å². The first kappa shape index (κ1) is 14.6. The molecule has 0 bridgehead atoms. The first-order valence-electron chi connectivity index (χ1n) is 6.95. The van der Waals surface area contributed by atoms with E-state index in [-0.39, 0.29) is 29.7 Å². The van der Waals surface area contributed by atoms with Gasteiger partial charge in [-0.05, 0) is 30.3 Å². The molecule has 0 atom stereocenters. The summed E-state index contributed by atoms with van der Waals surface area (Å²) in [5.41, 5.74) is 0.539. The van der Waals surface area contributed by atoms with Crippen LogP contribution in [0.4, 0.5) is 4.79 Å². The molecular formula is C15H11NO7S. The molecule has 0 fully saturated rings. The number of rotatable bonds is 3. The van der Waals surface area contributed by atoms with Gasteiger partial charge in [0.15, 0.2) is 11.5 Å². The van der Waals surface area contributed by atoms with Crippen molar-refractivity contribution in [3.05, 3.63) is 42.0 Å². The molecule has 2 aromatic rings. The van der Waals surface area contributed by atoms with E-state index in [2.05, 4.69) is 5.32 Å². The zero-order valence-electron chi connectivity index (χ0n) is 12.1. The fraction of sp³-hybridized carbons (Fsp3) is 0.133. The van der Waals surface area contributed by atoms with E-state index in [0.717, 1.165) is 0 Å². The van der Waals surface area contributed by atoms with E-state index in [1.165, 1.54) is 24.3 Å². The van der Waals surface area contributed by atoms with Crippen LogP contribution in [0.25, 0.3) is 0 Å². The summed E-state index contributed by atoms with van der Waals surface area (Å²) in [6.45, 7) is 0.181. The van der Waals surface area contributed by atoms with Gasteiger partial charge in [0.05, 0.1) is 0 Å². The molecule has 1 amide bonds. The molecule has 0 aromatic heterocycles. The minimum absolute atomic E-state index is 0.00559. The highest BCUT2D eigenvalue weighted by molar-refractivity contribution is 7.87. The average Bonchev–Trinajstić information content (AvgIpc) is 3.04. The molecule has 8 nitrogen and oxygen atoms in total. The second kappa shape index (κ2) is 5.31. The SMILES string of the molecule is O=C1NCc2cc(S(=O)(=O)Oc3cccc4c3OCO4)ccc2O1. The first-order chi connectivity index (χ1) is 11.5. The van der Waals surface area contributed by atoms with E-state index in [1.54, 1.807) is 12.1 Å². The highest BCUT2D eigenvalue weighted by atomic mass is 32.2. The van der Waals surface area contributed by atoms with Crippen LogP contribution < -0.4 is 23.7 Å². The Morgan fingerprint density at radius 1 is 1.08 bits per heavy atom. The van der Waals surface area contributed by atoms with Gasteiger partial charge in [-0.2, -0.15) is 8.42 Å². The lowest BCUT2D eigenvalue weighted by molar-refractivity contribution is 0.172. The molecule has 0 saturated heterocycles. The van der Waals surface area contributed by atoms with Crippen molar-refractivity contribution in [3.63, 3.8) is 0 Å². The largest absolute Gasteiger partial charge is 0.453 e. The lowest BCUT2D eigenvalue weighted by atomic mass is 10.2. The summed E-state index contributed by atoms with van der Waals surface area (Å²) in [4.78, 5) is 11.1. The Bertz CT molecular complexity index is 939. The highest BCUT2D eigenvalue weighted by Gasteiger charge is 2.26. The Kier molecular flexibility index (Phi) is 3.24. The molecule has 124 valence electrons. The zero-order chi connectivity index (χ0) is 16.7. The molecule has 0 aliphatic carbocycles. The molecule has 0 unspecified atom stereocenters. The molecule has 2 heterocycles. The smallest absolute Gasteiger partial charge is 0.412 e. The summed E-state index contributed by atoms with van der Waals surface area (Å²) in [7, 11) is -4.09. The van der Waals surface area contributed by atoms with Crippen LogP contribution in [0, 0.1) is 0 Å². The van der Waals surface area contributed by atoms with E-state index >= 15 is 0 Å². The van der Waals surface area contributed by atoms with Crippen LogP contribution in [0.5, 0.6) is 23.0 Å². The second-order valence-corrected chi connectivity index (χ2v) is 6.59. The summed E-state index contributed by atoms with van der Waals surface area (Å²) in [6.07, 6.45) is -0.577. The number of carbonyl (C=O) groups is 1. The van der Waals surface area contributed by atoms with Crippen LogP contribution in [0.15, 0.2) is 41.3 Å². The maximum atomic E-state index is 12.5. The maximum absolute atomic E-state index is 12.5. The summed E-state index contributed by atoms with van der Waals surface area (Å²) in [5.74, 6) is 1.03. The van der Waals surface area contributed by atoms with E-state index in [0.29, 0.717) is 17.1 Å². The minimum atomic E-state index is -4.09. The fourth-order valence-electron chi connectivity index (χ4n) is 2.39. The second-order valence-electron chi connectivity index (χ2n) is 5.04. The van der Waals surface area contributed by atoms with Gasteiger partial charge >= 0.3 is 16.2 Å². The van der Waals surface area contributed by atoms with Crippen molar-refractivity contribution < 1.29 is 31.6 Å². The third-order valence-corrected chi connectivity index (χ3v) is 4.74. The van der Waals surface area contributed by atoms with Crippen molar-refractivity contribution in [1.29, 1.82) is 0 Å². The number of benzene rings is 2. The maximum Gasteiger partial charge on any atom is 0.412 e. The Labute approximate surface area is 137 Å². The van der Waals surface area contributed by atoms with Gasteiger partial charge in [-0.1, -0.05) is 6.07 Å². The fourth-order valence-corrected chi connectivity index (χ4v) is 3.37. The summed E-state index contributed by atoms with van der Waals surface area (Å²) in [5, 5.41) is 2.47. The number of fused-ring (bicyclic) bond motifs is 2. The molecule has 4 rings (SSSR count). The van der Waals surface area contributed by atoms with Gasteiger partial charge < -0.3 is 23.7 Å². The van der Waals surface area contributed by atoms with Crippen molar-refractivity contribution in [2.45, 2.75) is 11.4 Å². The van der Waals surface area contributed by atoms with Gasteiger partial charge in [0.1, 0.15) is 10.6 Å². The van der Waals surface area contributed by atoms with E-state index in [4.69, 9.17) is 18.4 Å². The third-order valence-electron chi connectivity index (χ3n) is 3.51. The summed E-state index contributed by atoms with van der Waals surface area (Å²) >= 11 is 0. The van der Waals surface area contributed by atoms with Gasteiger partial charge in [0.2, 0.25) is 12.5 Å². The number of ether oxygens (including phenoxy) is 3. The molecule has 2 aliphatic rings. The van der Waals surface area contributed by atoms with Crippen LogP contribution in [-0.4, -0.2) is 21.3 Å². The van der Waals surface area contributed by atoms with Crippen molar-refractivity contribution in [1.82, 2.24) is 5.32 Å². The van der Waals surface area contributed by atoms with Crippen LogP contribution in [-0.2, 0) is 16.7 Å². The number of para-hydroxylation sites is 1. The number of hydrogen-bond donors (Lipinski definition) is 1. The van der Waals surface area contributed by atoms with Crippen molar-refractivity contribution in [2.75, 3.05) is 6.79 Å². The van der Waals surface area contributed by atoms with E-state index in [9.17, 15) is 13.2 Å². The third kappa shape index (κ3) is 2.48. The molecule has 0 saturated carbocycles. The molecule has 1 N–H and O–H groups in total. The predicted molar refractivity (Wildman–Crippen MR) is 79.7 cm³/mol. The van der Waals surface area contributed by atoms with Gasteiger partial charge in [-0.3, -0.25) is 0 Å². The van der Waals surface area contributed by atoms with Crippen molar-refractivity contribution in [2.24, 2.45) is 0 Å². The Balaban J connectivity index is 1.66. The molecule has 24 heavy (non-hydrogen) atoms. The molecule has 9 heteroatoms. The summed E-state index contributed by atoms with van der Waals surface area (Å²) < 4.78 is 45.6. The topological polar surface area (TPSA) is 100 Å². The molecule has 0 spiro atoms. The van der Waals surface area contributed by atoms with Crippen LogP contribution in [0.2, 0.25) is 0 Å². The lowest BCUT2D eigenvalue weighted by Gasteiger charge is -2.17. The Morgan fingerprint density at radius 2 is 1.96 bits per heavy atom.